The van der Waals surface area contributed by atoms with E-state index in [1.807, 2.05) is 0 Å². The van der Waals surface area contributed by atoms with E-state index in [4.69, 9.17) is 16.3 Å². The SMILES string of the molecule is CCN(CC)S(=O)(=O)c1ccc(Cl)c(C(=O)OCC(=O)Nc2ccccc2C(=O)OC)c1. The molecule has 0 aromatic heterocycles. The fourth-order valence-corrected chi connectivity index (χ4v) is 4.49. The minimum absolute atomic E-state index is 0.0232. The summed E-state index contributed by atoms with van der Waals surface area (Å²) in [6.45, 7) is 3.23. The molecule has 0 unspecified atom stereocenters. The smallest absolute Gasteiger partial charge is 0.340 e. The van der Waals surface area contributed by atoms with Crippen molar-refractivity contribution in [2.75, 3.05) is 32.1 Å². The summed E-state index contributed by atoms with van der Waals surface area (Å²) in [4.78, 5) is 36.3. The van der Waals surface area contributed by atoms with Gasteiger partial charge in [-0.3, -0.25) is 4.79 Å². The predicted octanol–water partition coefficient (Wildman–Crippen LogP) is 2.95. The van der Waals surface area contributed by atoms with Gasteiger partial charge < -0.3 is 14.8 Å². The normalized spacial score (nSPS) is 11.2. The molecule has 0 aliphatic heterocycles. The van der Waals surface area contributed by atoms with Crippen LogP contribution in [0.3, 0.4) is 0 Å². The molecule has 0 fully saturated rings. The maximum absolute atomic E-state index is 12.7. The number of sulfonamides is 1. The lowest BCUT2D eigenvalue weighted by molar-refractivity contribution is -0.119. The van der Waals surface area contributed by atoms with E-state index in [2.05, 4.69) is 10.1 Å². The first-order chi connectivity index (χ1) is 15.1. The van der Waals surface area contributed by atoms with Gasteiger partial charge in [0, 0.05) is 13.1 Å². The minimum atomic E-state index is -3.82. The number of nitrogens with zero attached hydrogens (tertiary/aromatic N) is 1. The quantitative estimate of drug-likeness (QED) is 0.545. The summed E-state index contributed by atoms with van der Waals surface area (Å²) in [5.41, 5.74) is 0.125. The van der Waals surface area contributed by atoms with Crippen molar-refractivity contribution in [1.82, 2.24) is 4.31 Å². The largest absolute Gasteiger partial charge is 0.465 e. The number of carbonyl (C=O) groups excluding carboxylic acids is 3. The highest BCUT2D eigenvalue weighted by molar-refractivity contribution is 7.89. The Morgan fingerprint density at radius 2 is 1.66 bits per heavy atom. The molecule has 0 atom stereocenters. The molecular formula is C21H23ClN2O7S. The number of ether oxygens (including phenoxy) is 2. The number of amides is 1. The topological polar surface area (TPSA) is 119 Å². The van der Waals surface area contributed by atoms with E-state index < -0.39 is 34.5 Å². The number of rotatable bonds is 9. The van der Waals surface area contributed by atoms with E-state index in [1.54, 1.807) is 26.0 Å². The van der Waals surface area contributed by atoms with Crippen LogP contribution in [0.25, 0.3) is 0 Å². The molecule has 0 aliphatic carbocycles. The molecule has 2 aromatic rings. The van der Waals surface area contributed by atoms with E-state index in [0.29, 0.717) is 0 Å². The average molecular weight is 483 g/mol. The van der Waals surface area contributed by atoms with Gasteiger partial charge in [-0.2, -0.15) is 4.31 Å². The highest BCUT2D eigenvalue weighted by atomic mass is 35.5. The number of anilines is 1. The first-order valence-electron chi connectivity index (χ1n) is 9.59. The van der Waals surface area contributed by atoms with Crippen LogP contribution in [0.5, 0.6) is 0 Å². The number of benzene rings is 2. The van der Waals surface area contributed by atoms with Crippen LogP contribution in [0.2, 0.25) is 5.02 Å². The highest BCUT2D eigenvalue weighted by Gasteiger charge is 2.24. The van der Waals surface area contributed by atoms with Crippen molar-refractivity contribution in [3.63, 3.8) is 0 Å². The molecule has 1 N–H and O–H groups in total. The van der Waals surface area contributed by atoms with Gasteiger partial charge in [0.2, 0.25) is 10.0 Å². The van der Waals surface area contributed by atoms with Gasteiger partial charge >= 0.3 is 11.9 Å². The van der Waals surface area contributed by atoms with Crippen molar-refractivity contribution < 1.29 is 32.3 Å². The Kier molecular flexibility index (Phi) is 8.76. The summed E-state index contributed by atoms with van der Waals surface area (Å²) >= 11 is 6.04. The third kappa shape index (κ3) is 5.84. The molecule has 0 saturated carbocycles. The third-order valence-corrected chi connectivity index (χ3v) is 6.82. The van der Waals surface area contributed by atoms with E-state index in [0.717, 1.165) is 6.07 Å². The summed E-state index contributed by atoms with van der Waals surface area (Å²) < 4.78 is 36.3. The number of nitrogens with one attached hydrogen (secondary N) is 1. The lowest BCUT2D eigenvalue weighted by Gasteiger charge is -2.19. The fraction of sp³-hybridized carbons (Fsp3) is 0.286. The lowest BCUT2D eigenvalue weighted by atomic mass is 10.2. The van der Waals surface area contributed by atoms with Crippen LogP contribution in [-0.2, 0) is 24.3 Å². The number of halogens is 1. The van der Waals surface area contributed by atoms with Gasteiger partial charge in [0.25, 0.3) is 5.91 Å². The zero-order valence-corrected chi connectivity index (χ0v) is 19.3. The van der Waals surface area contributed by atoms with Crippen LogP contribution in [0.4, 0.5) is 5.69 Å². The fourth-order valence-electron chi connectivity index (χ4n) is 2.81. The van der Waals surface area contributed by atoms with Crippen molar-refractivity contribution in [2.45, 2.75) is 18.7 Å². The Balaban J connectivity index is 2.14. The van der Waals surface area contributed by atoms with E-state index in [1.165, 1.54) is 35.7 Å². The van der Waals surface area contributed by atoms with Crippen LogP contribution in [-0.4, -0.2) is 57.4 Å². The summed E-state index contributed by atoms with van der Waals surface area (Å²) in [6.07, 6.45) is 0. The van der Waals surface area contributed by atoms with Crippen LogP contribution < -0.4 is 5.32 Å². The van der Waals surface area contributed by atoms with Crippen molar-refractivity contribution in [1.29, 1.82) is 0 Å². The number of hydrogen-bond donors (Lipinski definition) is 1. The van der Waals surface area contributed by atoms with E-state index in [9.17, 15) is 22.8 Å². The highest BCUT2D eigenvalue weighted by Crippen LogP contribution is 2.24. The molecular weight excluding hydrogens is 460 g/mol. The van der Waals surface area contributed by atoms with Crippen LogP contribution in [0.15, 0.2) is 47.4 Å². The molecule has 0 heterocycles. The Bertz CT molecular complexity index is 1110. The third-order valence-electron chi connectivity index (χ3n) is 4.44. The van der Waals surface area contributed by atoms with Gasteiger partial charge in [-0.1, -0.05) is 37.6 Å². The lowest BCUT2D eigenvalue weighted by Crippen LogP contribution is -2.30. The minimum Gasteiger partial charge on any atom is -0.465 e. The zero-order valence-electron chi connectivity index (χ0n) is 17.8. The Labute approximate surface area is 191 Å². The van der Waals surface area contributed by atoms with Crippen LogP contribution in [0, 0.1) is 0 Å². The van der Waals surface area contributed by atoms with Crippen LogP contribution in [0.1, 0.15) is 34.6 Å². The molecule has 0 bridgehead atoms. The molecule has 0 radical (unpaired) electrons. The zero-order chi connectivity index (χ0) is 23.9. The van der Waals surface area contributed by atoms with Crippen molar-refractivity contribution in [3.05, 3.63) is 58.6 Å². The number of esters is 2. The molecule has 1 amide bonds. The maximum atomic E-state index is 12.7. The Hall–Kier alpha value is -2.95. The number of carbonyl (C=O) groups is 3. The van der Waals surface area contributed by atoms with Gasteiger partial charge in [0.05, 0.1) is 33.8 Å². The van der Waals surface area contributed by atoms with E-state index >= 15 is 0 Å². The molecule has 2 rings (SSSR count). The van der Waals surface area contributed by atoms with Gasteiger partial charge in [-0.15, -0.1) is 0 Å². The second-order valence-electron chi connectivity index (χ2n) is 6.39. The monoisotopic (exact) mass is 482 g/mol. The second kappa shape index (κ2) is 11.1. The molecule has 2 aromatic carbocycles. The molecule has 9 nitrogen and oxygen atoms in total. The first-order valence-corrected chi connectivity index (χ1v) is 11.4. The second-order valence-corrected chi connectivity index (χ2v) is 8.74. The van der Waals surface area contributed by atoms with Gasteiger partial charge in [0.15, 0.2) is 6.61 Å². The van der Waals surface area contributed by atoms with Gasteiger partial charge in [0.1, 0.15) is 0 Å². The molecule has 0 spiro atoms. The molecule has 11 heteroatoms. The number of hydrogen-bond acceptors (Lipinski definition) is 7. The summed E-state index contributed by atoms with van der Waals surface area (Å²) in [6, 6.07) is 9.85. The number of para-hydroxylation sites is 1. The standard InChI is InChI=1S/C21H23ClN2O7S/c1-4-24(5-2)32(28,29)14-10-11-17(22)16(12-14)21(27)31-13-19(25)23-18-9-7-6-8-15(18)20(26)30-3/h6-12H,4-5,13H2,1-3H3,(H,23,25). The molecule has 0 aliphatic rings. The Morgan fingerprint density at radius 3 is 2.28 bits per heavy atom. The summed E-state index contributed by atoms with van der Waals surface area (Å²) in [7, 11) is -2.61. The van der Waals surface area contributed by atoms with Gasteiger partial charge in [-0.25, -0.2) is 18.0 Å². The first kappa shape index (κ1) is 25.3. The maximum Gasteiger partial charge on any atom is 0.340 e. The Morgan fingerprint density at radius 1 is 1.00 bits per heavy atom. The van der Waals surface area contributed by atoms with Crippen molar-refractivity contribution in [2.24, 2.45) is 0 Å². The molecule has 172 valence electrons. The van der Waals surface area contributed by atoms with Crippen molar-refractivity contribution >= 4 is 45.2 Å². The van der Waals surface area contributed by atoms with Crippen molar-refractivity contribution in [3.8, 4) is 0 Å². The van der Waals surface area contributed by atoms with E-state index in [-0.39, 0.29) is 39.8 Å². The summed E-state index contributed by atoms with van der Waals surface area (Å²) in [5, 5.41) is 2.44. The van der Waals surface area contributed by atoms with Gasteiger partial charge in [-0.05, 0) is 30.3 Å². The molecule has 32 heavy (non-hydrogen) atoms. The average Bonchev–Trinajstić information content (AvgIpc) is 2.78. The summed E-state index contributed by atoms with van der Waals surface area (Å²) in [5.74, 6) is -2.32. The van der Waals surface area contributed by atoms with Crippen LogP contribution >= 0.6 is 11.6 Å². The predicted molar refractivity (Wildman–Crippen MR) is 118 cm³/mol. The number of methoxy groups -OCH3 is 1. The molecule has 0 saturated heterocycles.